The molecule has 0 aliphatic heterocycles. The van der Waals surface area contributed by atoms with Crippen LogP contribution in [-0.2, 0) is 4.84 Å². The van der Waals surface area contributed by atoms with E-state index in [-0.39, 0.29) is 18.2 Å². The van der Waals surface area contributed by atoms with Crippen molar-refractivity contribution < 1.29 is 9.23 Å². The van der Waals surface area contributed by atoms with E-state index in [0.717, 1.165) is 27.8 Å². The lowest BCUT2D eigenvalue weighted by atomic mass is 10.1. The van der Waals surface area contributed by atoms with Crippen molar-refractivity contribution in [1.29, 1.82) is 0 Å². The molecule has 3 rings (SSSR count). The summed E-state index contributed by atoms with van der Waals surface area (Å²) >= 11 is 0. The second-order valence-corrected chi connectivity index (χ2v) is 4.72. The van der Waals surface area contributed by atoms with Crippen molar-refractivity contribution in [2.75, 3.05) is 18.7 Å². The molecule has 3 aromatic rings. The monoisotopic (exact) mass is 321 g/mol. The Morgan fingerprint density at radius 2 is 1.91 bits per heavy atom. The van der Waals surface area contributed by atoms with Crippen molar-refractivity contribution >= 4 is 29.0 Å². The van der Waals surface area contributed by atoms with Gasteiger partial charge in [0.1, 0.15) is 5.82 Å². The lowest BCUT2D eigenvalue weighted by Gasteiger charge is -2.17. The topological polar surface area (TPSA) is 41.1 Å². The number of halogens is 2. The molecule has 0 saturated heterocycles. The number of nitrogens with one attached hydrogen (secondary N) is 1. The maximum absolute atomic E-state index is 13.0. The van der Waals surface area contributed by atoms with Crippen LogP contribution in [0.5, 0.6) is 0 Å². The van der Waals surface area contributed by atoms with Gasteiger partial charge in [-0.15, -0.1) is 12.4 Å². The van der Waals surface area contributed by atoms with Crippen LogP contribution < -0.4 is 5.06 Å². The Morgan fingerprint density at radius 3 is 2.59 bits per heavy atom. The zero-order valence-corrected chi connectivity index (χ0v) is 13.2. The molecule has 0 radical (unpaired) electrons. The summed E-state index contributed by atoms with van der Waals surface area (Å²) in [4.78, 5) is 5.47. The summed E-state index contributed by atoms with van der Waals surface area (Å²) in [7, 11) is 1.86. The summed E-state index contributed by atoms with van der Waals surface area (Å²) in [5, 5.41) is 10.0. The molecule has 0 aliphatic rings. The summed E-state index contributed by atoms with van der Waals surface area (Å²) in [6.07, 6.45) is 0. The predicted octanol–water partition coefficient (Wildman–Crippen LogP) is 4.18. The zero-order valence-electron chi connectivity index (χ0n) is 12.3. The van der Waals surface area contributed by atoms with E-state index in [1.807, 2.05) is 32.2 Å². The quantitative estimate of drug-likeness (QED) is 0.733. The van der Waals surface area contributed by atoms with Gasteiger partial charge in [-0.2, -0.15) is 5.10 Å². The van der Waals surface area contributed by atoms with Crippen molar-refractivity contribution in [3.8, 4) is 11.3 Å². The predicted molar refractivity (Wildman–Crippen MR) is 88.8 cm³/mol. The first-order valence-corrected chi connectivity index (χ1v) is 6.79. The zero-order chi connectivity index (χ0) is 14.8. The molecule has 0 amide bonds. The first-order chi connectivity index (χ1) is 10.2. The van der Waals surface area contributed by atoms with Gasteiger partial charge in [0.25, 0.3) is 0 Å². The van der Waals surface area contributed by atoms with Crippen LogP contribution in [0.3, 0.4) is 0 Å². The number of hydroxylamine groups is 1. The average Bonchev–Trinajstić information content (AvgIpc) is 2.91. The standard InChI is InChI=1S/C16H16FN3O.ClH/c1-3-21-20(2)13-8-9-15-14(10-13)16(19-18-15)11-4-6-12(17)7-5-11;/h4-10H,3H2,1-2H3,(H,18,19);1H. The van der Waals surface area contributed by atoms with Crippen LogP contribution in [0.25, 0.3) is 22.2 Å². The van der Waals surface area contributed by atoms with Crippen molar-refractivity contribution in [3.05, 3.63) is 48.3 Å². The minimum absolute atomic E-state index is 0. The van der Waals surface area contributed by atoms with Crippen LogP contribution in [0.1, 0.15) is 6.92 Å². The Balaban J connectivity index is 0.00000176. The fourth-order valence-corrected chi connectivity index (χ4v) is 2.29. The lowest BCUT2D eigenvalue weighted by molar-refractivity contribution is 0.135. The van der Waals surface area contributed by atoms with E-state index in [1.54, 1.807) is 17.2 Å². The highest BCUT2D eigenvalue weighted by atomic mass is 35.5. The molecule has 0 saturated carbocycles. The third-order valence-corrected chi connectivity index (χ3v) is 3.35. The second-order valence-electron chi connectivity index (χ2n) is 4.72. The number of hydrogen-bond acceptors (Lipinski definition) is 3. The molecule has 0 unspecified atom stereocenters. The van der Waals surface area contributed by atoms with Gasteiger partial charge in [-0.05, 0) is 49.4 Å². The van der Waals surface area contributed by atoms with Gasteiger partial charge in [0.15, 0.2) is 0 Å². The molecular weight excluding hydrogens is 305 g/mol. The van der Waals surface area contributed by atoms with Crippen molar-refractivity contribution in [3.63, 3.8) is 0 Å². The number of nitrogens with zero attached hydrogens (tertiary/aromatic N) is 2. The maximum atomic E-state index is 13.0. The molecule has 0 fully saturated rings. The molecule has 1 heterocycles. The Kier molecular flexibility index (Phi) is 5.00. The Labute approximate surface area is 134 Å². The number of aromatic amines is 1. The Hall–Kier alpha value is -2.11. The largest absolute Gasteiger partial charge is 0.277 e. The van der Waals surface area contributed by atoms with Crippen LogP contribution in [0.4, 0.5) is 10.1 Å². The Morgan fingerprint density at radius 1 is 1.18 bits per heavy atom. The highest BCUT2D eigenvalue weighted by Crippen LogP contribution is 2.29. The number of fused-ring (bicyclic) bond motifs is 1. The van der Waals surface area contributed by atoms with Gasteiger partial charge in [-0.3, -0.25) is 15.0 Å². The van der Waals surface area contributed by atoms with E-state index in [4.69, 9.17) is 4.84 Å². The molecule has 0 spiro atoms. The summed E-state index contributed by atoms with van der Waals surface area (Å²) in [5.74, 6) is -0.254. The summed E-state index contributed by atoms with van der Waals surface area (Å²) in [6, 6.07) is 12.3. The molecular formula is C16H17ClFN3O. The molecule has 0 aliphatic carbocycles. The molecule has 4 nitrogen and oxygen atoms in total. The third kappa shape index (κ3) is 3.05. The van der Waals surface area contributed by atoms with Crippen LogP contribution in [-0.4, -0.2) is 23.9 Å². The second kappa shape index (κ2) is 6.77. The molecule has 0 bridgehead atoms. The van der Waals surface area contributed by atoms with Gasteiger partial charge in [0.05, 0.1) is 23.5 Å². The van der Waals surface area contributed by atoms with Crippen LogP contribution in [0.2, 0.25) is 0 Å². The summed E-state index contributed by atoms with van der Waals surface area (Å²) in [6.45, 7) is 2.54. The SMILES string of the molecule is CCON(C)c1ccc2[nH]nc(-c3ccc(F)cc3)c2c1.Cl. The number of H-pyrrole nitrogens is 1. The van der Waals surface area contributed by atoms with E-state index < -0.39 is 0 Å². The first-order valence-electron chi connectivity index (χ1n) is 6.79. The molecule has 6 heteroatoms. The van der Waals surface area contributed by atoms with Crippen molar-refractivity contribution in [1.82, 2.24) is 10.2 Å². The van der Waals surface area contributed by atoms with E-state index in [1.165, 1.54) is 12.1 Å². The van der Waals surface area contributed by atoms with Crippen LogP contribution in [0.15, 0.2) is 42.5 Å². The molecule has 2 aromatic carbocycles. The minimum atomic E-state index is -0.254. The highest BCUT2D eigenvalue weighted by molar-refractivity contribution is 5.94. The molecule has 22 heavy (non-hydrogen) atoms. The van der Waals surface area contributed by atoms with Gasteiger partial charge in [-0.1, -0.05) is 0 Å². The van der Waals surface area contributed by atoms with Gasteiger partial charge >= 0.3 is 0 Å². The van der Waals surface area contributed by atoms with Crippen LogP contribution >= 0.6 is 12.4 Å². The maximum Gasteiger partial charge on any atom is 0.123 e. The normalized spacial score (nSPS) is 10.5. The number of aromatic nitrogens is 2. The van der Waals surface area contributed by atoms with Gasteiger partial charge in [0.2, 0.25) is 0 Å². The fourth-order valence-electron chi connectivity index (χ4n) is 2.29. The smallest absolute Gasteiger partial charge is 0.123 e. The highest BCUT2D eigenvalue weighted by Gasteiger charge is 2.10. The van der Waals surface area contributed by atoms with Gasteiger partial charge < -0.3 is 0 Å². The fraction of sp³-hybridized carbons (Fsp3) is 0.188. The first kappa shape index (κ1) is 16.3. The van der Waals surface area contributed by atoms with Crippen molar-refractivity contribution in [2.45, 2.75) is 6.92 Å². The number of rotatable bonds is 4. The van der Waals surface area contributed by atoms with E-state index in [9.17, 15) is 4.39 Å². The van der Waals surface area contributed by atoms with E-state index >= 15 is 0 Å². The van der Waals surface area contributed by atoms with Crippen LogP contribution in [0, 0.1) is 5.82 Å². The summed E-state index contributed by atoms with van der Waals surface area (Å²) < 4.78 is 13.0. The number of benzene rings is 2. The summed E-state index contributed by atoms with van der Waals surface area (Å²) in [5.41, 5.74) is 3.55. The molecule has 116 valence electrons. The Bertz CT molecular complexity index is 758. The number of anilines is 1. The van der Waals surface area contributed by atoms with E-state index in [2.05, 4.69) is 10.2 Å². The van der Waals surface area contributed by atoms with Crippen molar-refractivity contribution in [2.24, 2.45) is 0 Å². The van der Waals surface area contributed by atoms with E-state index in [0.29, 0.717) is 6.61 Å². The van der Waals surface area contributed by atoms with Gasteiger partial charge in [0, 0.05) is 18.0 Å². The lowest BCUT2D eigenvalue weighted by Crippen LogP contribution is -2.17. The molecule has 0 atom stereocenters. The average molecular weight is 322 g/mol. The molecule has 1 aromatic heterocycles. The number of hydrogen-bond donors (Lipinski definition) is 1. The van der Waals surface area contributed by atoms with Gasteiger partial charge in [-0.25, -0.2) is 4.39 Å². The third-order valence-electron chi connectivity index (χ3n) is 3.35. The molecule has 1 N–H and O–H groups in total. The minimum Gasteiger partial charge on any atom is -0.277 e.